The standard InChI is InChI=1S/C20H15ClN2O4S/c1-2-27-14-9-5-4-8-13(14)23-19(25)18(24)22(20(23)26)11-16-17(21)12-7-3-6-10-15(12)28-16/h3-10H,2,11H2,1H3. The summed E-state index contributed by atoms with van der Waals surface area (Å²) in [4.78, 5) is 40.4. The Bertz CT molecular complexity index is 1110. The number of thiophene rings is 1. The number of ether oxygens (including phenoxy) is 1. The van der Waals surface area contributed by atoms with Gasteiger partial charge in [0.05, 0.1) is 23.9 Å². The Morgan fingerprint density at radius 3 is 2.46 bits per heavy atom. The van der Waals surface area contributed by atoms with Crippen molar-refractivity contribution in [3.8, 4) is 5.75 Å². The molecule has 2 heterocycles. The molecule has 1 aliphatic rings. The maximum atomic E-state index is 12.9. The van der Waals surface area contributed by atoms with E-state index in [-0.39, 0.29) is 12.2 Å². The number of nitrogens with zero attached hydrogens (tertiary/aromatic N) is 2. The van der Waals surface area contributed by atoms with Gasteiger partial charge in [0, 0.05) is 15.0 Å². The van der Waals surface area contributed by atoms with Crippen LogP contribution in [-0.4, -0.2) is 29.4 Å². The van der Waals surface area contributed by atoms with Crippen molar-refractivity contribution in [3.05, 3.63) is 58.4 Å². The van der Waals surface area contributed by atoms with Gasteiger partial charge in [-0.2, -0.15) is 0 Å². The fraction of sp³-hybridized carbons (Fsp3) is 0.150. The molecule has 4 amide bonds. The van der Waals surface area contributed by atoms with Crippen LogP contribution in [0.3, 0.4) is 0 Å². The summed E-state index contributed by atoms with van der Waals surface area (Å²) in [6.07, 6.45) is 0. The van der Waals surface area contributed by atoms with Gasteiger partial charge in [-0.15, -0.1) is 11.3 Å². The van der Waals surface area contributed by atoms with E-state index < -0.39 is 17.8 Å². The van der Waals surface area contributed by atoms with Gasteiger partial charge < -0.3 is 4.74 Å². The number of amides is 4. The Morgan fingerprint density at radius 1 is 1.00 bits per heavy atom. The van der Waals surface area contributed by atoms with Crippen LogP contribution in [-0.2, 0) is 16.1 Å². The predicted molar refractivity (Wildman–Crippen MR) is 108 cm³/mol. The second-order valence-corrected chi connectivity index (χ2v) is 7.57. The Labute approximate surface area is 169 Å². The van der Waals surface area contributed by atoms with Crippen molar-refractivity contribution in [1.29, 1.82) is 0 Å². The zero-order valence-electron chi connectivity index (χ0n) is 14.8. The minimum Gasteiger partial charge on any atom is -0.492 e. The predicted octanol–water partition coefficient (Wildman–Crippen LogP) is 4.45. The topological polar surface area (TPSA) is 66.9 Å². The Balaban J connectivity index is 1.68. The van der Waals surface area contributed by atoms with Crippen LogP contribution >= 0.6 is 22.9 Å². The highest BCUT2D eigenvalue weighted by Crippen LogP contribution is 2.37. The van der Waals surface area contributed by atoms with E-state index in [1.54, 1.807) is 31.2 Å². The molecule has 8 heteroatoms. The molecule has 6 nitrogen and oxygen atoms in total. The van der Waals surface area contributed by atoms with Crippen molar-refractivity contribution in [2.24, 2.45) is 0 Å². The molecule has 142 valence electrons. The summed E-state index contributed by atoms with van der Waals surface area (Å²) in [6.45, 7) is 2.10. The van der Waals surface area contributed by atoms with E-state index in [4.69, 9.17) is 16.3 Å². The lowest BCUT2D eigenvalue weighted by molar-refractivity contribution is -0.139. The van der Waals surface area contributed by atoms with Gasteiger partial charge in [0.2, 0.25) is 0 Å². The highest BCUT2D eigenvalue weighted by molar-refractivity contribution is 7.19. The van der Waals surface area contributed by atoms with Crippen molar-refractivity contribution in [3.63, 3.8) is 0 Å². The maximum Gasteiger partial charge on any atom is 0.339 e. The molecule has 4 rings (SSSR count). The van der Waals surface area contributed by atoms with Gasteiger partial charge in [-0.05, 0) is 25.1 Å². The first-order valence-electron chi connectivity index (χ1n) is 8.60. The van der Waals surface area contributed by atoms with Crippen LogP contribution in [0, 0.1) is 0 Å². The molecule has 1 aromatic heterocycles. The second-order valence-electron chi connectivity index (χ2n) is 6.05. The summed E-state index contributed by atoms with van der Waals surface area (Å²) in [6, 6.07) is 13.5. The Morgan fingerprint density at radius 2 is 1.71 bits per heavy atom. The number of hydrogen-bond acceptors (Lipinski definition) is 5. The van der Waals surface area contributed by atoms with E-state index in [9.17, 15) is 14.4 Å². The van der Waals surface area contributed by atoms with Gasteiger partial charge in [-0.1, -0.05) is 41.9 Å². The fourth-order valence-electron chi connectivity index (χ4n) is 3.09. The minimum absolute atomic E-state index is 0.0606. The Hall–Kier alpha value is -2.90. The number of carbonyl (C=O) groups excluding carboxylic acids is 3. The molecule has 0 radical (unpaired) electrons. The SMILES string of the molecule is CCOc1ccccc1N1C(=O)C(=O)N(Cc2sc3ccccc3c2Cl)C1=O. The van der Waals surface area contributed by atoms with E-state index >= 15 is 0 Å². The van der Waals surface area contributed by atoms with Crippen LogP contribution in [0.2, 0.25) is 5.02 Å². The summed E-state index contributed by atoms with van der Waals surface area (Å²) in [5.74, 6) is -1.43. The van der Waals surface area contributed by atoms with Gasteiger partial charge in [-0.3, -0.25) is 9.59 Å². The minimum atomic E-state index is -0.908. The number of para-hydroxylation sites is 2. The number of fused-ring (bicyclic) bond motifs is 1. The molecule has 1 fully saturated rings. The van der Waals surface area contributed by atoms with Crippen molar-refractivity contribution >= 4 is 56.6 Å². The van der Waals surface area contributed by atoms with E-state index in [0.717, 1.165) is 19.9 Å². The number of hydrogen-bond donors (Lipinski definition) is 0. The molecule has 0 saturated carbocycles. The number of rotatable bonds is 5. The number of benzene rings is 2. The van der Waals surface area contributed by atoms with E-state index in [2.05, 4.69) is 0 Å². The first-order chi connectivity index (χ1) is 13.5. The van der Waals surface area contributed by atoms with Gasteiger partial charge in [0.25, 0.3) is 0 Å². The monoisotopic (exact) mass is 414 g/mol. The van der Waals surface area contributed by atoms with Crippen LogP contribution in [0.4, 0.5) is 10.5 Å². The van der Waals surface area contributed by atoms with Crippen molar-refractivity contribution in [1.82, 2.24) is 4.90 Å². The van der Waals surface area contributed by atoms with Crippen LogP contribution in [0.15, 0.2) is 48.5 Å². The number of halogens is 1. The summed E-state index contributed by atoms with van der Waals surface area (Å²) in [5.41, 5.74) is 0.248. The molecule has 0 aliphatic carbocycles. The number of imide groups is 2. The lowest BCUT2D eigenvalue weighted by atomic mass is 10.2. The van der Waals surface area contributed by atoms with Crippen molar-refractivity contribution in [2.45, 2.75) is 13.5 Å². The van der Waals surface area contributed by atoms with Crippen LogP contribution in [0.5, 0.6) is 5.75 Å². The number of urea groups is 1. The van der Waals surface area contributed by atoms with Crippen molar-refractivity contribution < 1.29 is 19.1 Å². The quantitative estimate of drug-likeness (QED) is 0.457. The molecular weight excluding hydrogens is 400 g/mol. The highest BCUT2D eigenvalue weighted by atomic mass is 35.5. The third-order valence-corrected chi connectivity index (χ3v) is 6.06. The molecule has 0 atom stereocenters. The van der Waals surface area contributed by atoms with Crippen molar-refractivity contribution in [2.75, 3.05) is 11.5 Å². The third kappa shape index (κ3) is 2.93. The molecule has 0 spiro atoms. The lowest BCUT2D eigenvalue weighted by Gasteiger charge is -2.18. The average Bonchev–Trinajstić information content (AvgIpc) is 3.12. The van der Waals surface area contributed by atoms with Gasteiger partial charge in [-0.25, -0.2) is 14.6 Å². The van der Waals surface area contributed by atoms with Gasteiger partial charge in [0.1, 0.15) is 5.75 Å². The zero-order valence-corrected chi connectivity index (χ0v) is 16.4. The zero-order chi connectivity index (χ0) is 19.8. The second kappa shape index (κ2) is 7.26. The summed E-state index contributed by atoms with van der Waals surface area (Å²) in [5, 5.41) is 1.34. The lowest BCUT2D eigenvalue weighted by Crippen LogP contribution is -2.33. The van der Waals surface area contributed by atoms with Crippen LogP contribution < -0.4 is 9.64 Å². The smallest absolute Gasteiger partial charge is 0.339 e. The molecular formula is C20H15ClN2O4S. The summed E-state index contributed by atoms with van der Waals surface area (Å²) in [7, 11) is 0. The molecule has 0 unspecified atom stereocenters. The largest absolute Gasteiger partial charge is 0.492 e. The number of anilines is 1. The average molecular weight is 415 g/mol. The third-order valence-electron chi connectivity index (χ3n) is 4.36. The van der Waals surface area contributed by atoms with Crippen LogP contribution in [0.25, 0.3) is 10.1 Å². The molecule has 2 aromatic carbocycles. The first-order valence-corrected chi connectivity index (χ1v) is 9.80. The summed E-state index contributed by atoms with van der Waals surface area (Å²) >= 11 is 7.82. The highest BCUT2D eigenvalue weighted by Gasteiger charge is 2.46. The molecule has 1 saturated heterocycles. The van der Waals surface area contributed by atoms with E-state index in [1.807, 2.05) is 24.3 Å². The van der Waals surface area contributed by atoms with Gasteiger partial charge >= 0.3 is 17.8 Å². The Kier molecular flexibility index (Phi) is 4.78. The van der Waals surface area contributed by atoms with E-state index in [0.29, 0.717) is 22.3 Å². The maximum absolute atomic E-state index is 12.9. The molecule has 0 N–H and O–H groups in total. The van der Waals surface area contributed by atoms with Crippen LogP contribution in [0.1, 0.15) is 11.8 Å². The fourth-order valence-corrected chi connectivity index (χ4v) is 4.57. The van der Waals surface area contributed by atoms with Gasteiger partial charge in [0.15, 0.2) is 0 Å². The van der Waals surface area contributed by atoms with E-state index in [1.165, 1.54) is 11.3 Å². The molecule has 28 heavy (non-hydrogen) atoms. The molecule has 0 bridgehead atoms. The molecule has 3 aromatic rings. The number of carbonyl (C=O) groups is 3. The first kappa shape index (κ1) is 18.5. The molecule has 1 aliphatic heterocycles. The summed E-state index contributed by atoms with van der Waals surface area (Å²) < 4.78 is 6.45. The normalized spacial score (nSPS) is 14.4.